The smallest absolute Gasteiger partial charge is 0.251 e. The molecule has 124 valence electrons. The molecule has 3 N–H and O–H groups in total. The predicted molar refractivity (Wildman–Crippen MR) is 91.4 cm³/mol. The monoisotopic (exact) mass is 316 g/mol. The molecule has 0 spiro atoms. The van der Waals surface area contributed by atoms with E-state index in [1.165, 1.54) is 0 Å². The van der Waals surface area contributed by atoms with Crippen molar-refractivity contribution in [3.05, 3.63) is 46.2 Å². The summed E-state index contributed by atoms with van der Waals surface area (Å²) in [5.41, 5.74) is 1.24. The second-order valence-corrected chi connectivity index (χ2v) is 6.29. The Balaban J connectivity index is 1.99. The minimum Gasteiger partial charge on any atom is -0.394 e. The average molecular weight is 316 g/mol. The van der Waals surface area contributed by atoms with E-state index in [1.54, 1.807) is 0 Å². The fraction of sp³-hybridized carbons (Fsp3) is 0.444. The fourth-order valence-corrected chi connectivity index (χ4v) is 2.67. The summed E-state index contributed by atoms with van der Waals surface area (Å²) in [6.45, 7) is 4.02. The topological polar surface area (TPSA) is 82.2 Å². The van der Waals surface area contributed by atoms with Gasteiger partial charge in [-0.25, -0.2) is 0 Å². The number of H-pyrrole nitrogens is 1. The highest BCUT2D eigenvalue weighted by molar-refractivity contribution is 5.79. The van der Waals surface area contributed by atoms with Gasteiger partial charge in [0.1, 0.15) is 0 Å². The van der Waals surface area contributed by atoms with E-state index in [1.807, 2.05) is 44.2 Å². The number of aromatic amines is 1. The fourth-order valence-electron chi connectivity index (χ4n) is 2.67. The molecule has 0 fully saturated rings. The van der Waals surface area contributed by atoms with Gasteiger partial charge in [-0.15, -0.1) is 0 Å². The van der Waals surface area contributed by atoms with Crippen molar-refractivity contribution in [3.63, 3.8) is 0 Å². The third kappa shape index (κ3) is 4.93. The van der Waals surface area contributed by atoms with Crippen LogP contribution in [0.3, 0.4) is 0 Å². The minimum atomic E-state index is -0.225. The summed E-state index contributed by atoms with van der Waals surface area (Å²) in [5.74, 6) is 0.257. The molecule has 0 aliphatic carbocycles. The predicted octanol–water partition coefficient (Wildman–Crippen LogP) is 1.98. The SMILES string of the molecule is CC(C)CC(CO)NC(=O)CCc1cc2ccccc2[nH]c1=O. The van der Waals surface area contributed by atoms with E-state index in [-0.39, 0.29) is 30.5 Å². The lowest BCUT2D eigenvalue weighted by molar-refractivity contribution is -0.122. The van der Waals surface area contributed by atoms with E-state index < -0.39 is 0 Å². The van der Waals surface area contributed by atoms with Crippen LogP contribution in [-0.2, 0) is 11.2 Å². The summed E-state index contributed by atoms with van der Waals surface area (Å²) in [7, 11) is 0. The number of nitrogens with one attached hydrogen (secondary N) is 2. The van der Waals surface area contributed by atoms with Crippen molar-refractivity contribution in [2.75, 3.05) is 6.61 Å². The molecule has 1 aromatic carbocycles. The van der Waals surface area contributed by atoms with E-state index in [2.05, 4.69) is 10.3 Å². The molecule has 0 saturated heterocycles. The lowest BCUT2D eigenvalue weighted by Gasteiger charge is -2.18. The molecule has 2 aromatic rings. The van der Waals surface area contributed by atoms with Gasteiger partial charge in [0.25, 0.3) is 5.56 Å². The number of aryl methyl sites for hydroxylation is 1. The Hall–Kier alpha value is -2.14. The molecule has 0 aliphatic heterocycles. The second-order valence-electron chi connectivity index (χ2n) is 6.29. The van der Waals surface area contributed by atoms with Crippen LogP contribution in [0.4, 0.5) is 0 Å². The van der Waals surface area contributed by atoms with Crippen molar-refractivity contribution in [2.45, 2.75) is 39.2 Å². The number of fused-ring (bicyclic) bond motifs is 1. The van der Waals surface area contributed by atoms with Crippen LogP contribution < -0.4 is 10.9 Å². The van der Waals surface area contributed by atoms with Crippen molar-refractivity contribution in [2.24, 2.45) is 5.92 Å². The number of pyridine rings is 1. The number of amides is 1. The van der Waals surface area contributed by atoms with Crippen molar-refractivity contribution in [3.8, 4) is 0 Å². The van der Waals surface area contributed by atoms with E-state index >= 15 is 0 Å². The molecule has 1 heterocycles. The number of aromatic nitrogens is 1. The third-order valence-electron chi connectivity index (χ3n) is 3.79. The number of hydrogen-bond donors (Lipinski definition) is 3. The van der Waals surface area contributed by atoms with Crippen LogP contribution in [0.1, 0.15) is 32.3 Å². The second kappa shape index (κ2) is 7.92. The zero-order valence-corrected chi connectivity index (χ0v) is 13.6. The summed E-state index contributed by atoms with van der Waals surface area (Å²) >= 11 is 0. The zero-order valence-electron chi connectivity index (χ0n) is 13.6. The number of aliphatic hydroxyl groups excluding tert-OH is 1. The number of carbonyl (C=O) groups is 1. The highest BCUT2D eigenvalue weighted by Crippen LogP contribution is 2.11. The molecule has 0 radical (unpaired) electrons. The Morgan fingerprint density at radius 2 is 2.04 bits per heavy atom. The number of benzene rings is 1. The Morgan fingerprint density at radius 3 is 2.74 bits per heavy atom. The van der Waals surface area contributed by atoms with Crippen LogP contribution in [0.5, 0.6) is 0 Å². The normalized spacial score (nSPS) is 12.5. The van der Waals surface area contributed by atoms with Gasteiger partial charge in [0.2, 0.25) is 5.91 Å². The zero-order chi connectivity index (χ0) is 16.8. The van der Waals surface area contributed by atoms with Gasteiger partial charge in [-0.3, -0.25) is 9.59 Å². The maximum Gasteiger partial charge on any atom is 0.251 e. The lowest BCUT2D eigenvalue weighted by Crippen LogP contribution is -2.38. The Kier molecular flexibility index (Phi) is 5.93. The summed E-state index contributed by atoms with van der Waals surface area (Å²) in [4.78, 5) is 26.9. The average Bonchev–Trinajstić information content (AvgIpc) is 2.51. The summed E-state index contributed by atoms with van der Waals surface area (Å²) in [5, 5.41) is 13.1. The van der Waals surface area contributed by atoms with Crippen molar-refractivity contribution < 1.29 is 9.90 Å². The largest absolute Gasteiger partial charge is 0.394 e. The van der Waals surface area contributed by atoms with Gasteiger partial charge >= 0.3 is 0 Å². The molecule has 23 heavy (non-hydrogen) atoms. The van der Waals surface area contributed by atoms with Crippen LogP contribution in [0, 0.1) is 5.92 Å². The molecule has 0 aliphatic rings. The van der Waals surface area contributed by atoms with Gasteiger partial charge in [0.15, 0.2) is 0 Å². The molecule has 1 aromatic heterocycles. The Labute approximate surface area is 135 Å². The first-order valence-corrected chi connectivity index (χ1v) is 8.00. The van der Waals surface area contributed by atoms with E-state index in [9.17, 15) is 14.7 Å². The van der Waals surface area contributed by atoms with Gasteiger partial charge in [0, 0.05) is 17.5 Å². The molecule has 0 bridgehead atoms. The lowest BCUT2D eigenvalue weighted by atomic mass is 10.0. The summed E-state index contributed by atoms with van der Waals surface area (Å²) in [6, 6.07) is 9.17. The molecule has 5 nitrogen and oxygen atoms in total. The van der Waals surface area contributed by atoms with Crippen molar-refractivity contribution >= 4 is 16.8 Å². The van der Waals surface area contributed by atoms with Gasteiger partial charge in [-0.2, -0.15) is 0 Å². The first-order valence-electron chi connectivity index (χ1n) is 8.00. The van der Waals surface area contributed by atoms with E-state index in [0.29, 0.717) is 17.9 Å². The van der Waals surface area contributed by atoms with Crippen LogP contribution in [0.2, 0.25) is 0 Å². The quantitative estimate of drug-likeness (QED) is 0.730. The van der Waals surface area contributed by atoms with Crippen LogP contribution in [-0.4, -0.2) is 28.6 Å². The van der Waals surface area contributed by atoms with Gasteiger partial charge in [0.05, 0.1) is 12.6 Å². The highest BCUT2D eigenvalue weighted by Gasteiger charge is 2.13. The van der Waals surface area contributed by atoms with Crippen molar-refractivity contribution in [1.29, 1.82) is 0 Å². The number of carbonyl (C=O) groups excluding carboxylic acids is 1. The van der Waals surface area contributed by atoms with Gasteiger partial charge < -0.3 is 15.4 Å². The van der Waals surface area contributed by atoms with Gasteiger partial charge in [-0.05, 0) is 36.3 Å². The van der Waals surface area contributed by atoms with Crippen LogP contribution >= 0.6 is 0 Å². The molecular formula is C18H24N2O3. The van der Waals surface area contributed by atoms with E-state index in [0.717, 1.165) is 17.3 Å². The van der Waals surface area contributed by atoms with Crippen molar-refractivity contribution in [1.82, 2.24) is 10.3 Å². The molecule has 0 saturated carbocycles. The standard InChI is InChI=1S/C18H24N2O3/c1-12(2)9-15(11-21)19-17(22)8-7-14-10-13-5-3-4-6-16(13)20-18(14)23/h3-6,10,12,15,21H,7-9,11H2,1-2H3,(H,19,22)(H,20,23). The number of para-hydroxylation sites is 1. The molecular weight excluding hydrogens is 292 g/mol. The maximum atomic E-state index is 12.0. The van der Waals surface area contributed by atoms with Gasteiger partial charge in [-0.1, -0.05) is 32.0 Å². The van der Waals surface area contributed by atoms with Crippen LogP contribution in [0.15, 0.2) is 35.1 Å². The molecule has 2 rings (SSSR count). The van der Waals surface area contributed by atoms with E-state index in [4.69, 9.17) is 0 Å². The molecule has 5 heteroatoms. The minimum absolute atomic E-state index is 0.0690. The summed E-state index contributed by atoms with van der Waals surface area (Å²) in [6.07, 6.45) is 1.35. The Bertz CT molecular complexity index is 722. The Morgan fingerprint density at radius 1 is 1.30 bits per heavy atom. The molecule has 1 amide bonds. The number of hydrogen-bond acceptors (Lipinski definition) is 3. The highest BCUT2D eigenvalue weighted by atomic mass is 16.3. The maximum absolute atomic E-state index is 12.0. The number of rotatable bonds is 7. The molecule has 1 atom stereocenters. The summed E-state index contributed by atoms with van der Waals surface area (Å²) < 4.78 is 0. The number of aliphatic hydroxyl groups is 1. The first kappa shape index (κ1) is 17.2. The molecule has 1 unspecified atom stereocenters. The van der Waals surface area contributed by atoms with Crippen LogP contribution in [0.25, 0.3) is 10.9 Å². The first-order chi connectivity index (χ1) is 11.0. The third-order valence-corrected chi connectivity index (χ3v) is 3.79.